The van der Waals surface area contributed by atoms with Gasteiger partial charge in [-0.1, -0.05) is 0 Å². The molecule has 3 aromatic rings. The smallest absolute Gasteiger partial charge is 0.411 e. The number of imidazole rings is 1. The van der Waals surface area contributed by atoms with Gasteiger partial charge in [-0.05, 0) is 32.0 Å². The molecule has 1 aliphatic heterocycles. The minimum Gasteiger partial charge on any atom is -0.447 e. The number of carbonyl (C=O) groups excluding carboxylic acids is 1. The molecule has 1 aliphatic rings. The highest BCUT2D eigenvalue weighted by Crippen LogP contribution is 2.26. The molecule has 3 heterocycles. The molecule has 9 nitrogen and oxygen atoms in total. The van der Waals surface area contributed by atoms with E-state index < -0.39 is 11.9 Å². The Kier molecular flexibility index (Phi) is 5.26. The van der Waals surface area contributed by atoms with Crippen LogP contribution in [0.25, 0.3) is 17.0 Å². The van der Waals surface area contributed by atoms with Crippen LogP contribution >= 0.6 is 0 Å². The third kappa shape index (κ3) is 4.27. The number of rotatable bonds is 4. The predicted octanol–water partition coefficient (Wildman–Crippen LogP) is 2.72. The van der Waals surface area contributed by atoms with Gasteiger partial charge in [-0.15, -0.1) is 5.10 Å². The highest BCUT2D eigenvalue weighted by molar-refractivity contribution is 5.86. The summed E-state index contributed by atoms with van der Waals surface area (Å²) in [6.45, 7) is 6.24. The second-order valence-electron chi connectivity index (χ2n) is 6.86. The number of amides is 1. The maximum atomic E-state index is 14.4. The topological polar surface area (TPSA) is 93.9 Å². The SMILES string of the molecule is CC(C)OC(=O)Nc1ccc(F)c(-c2cn3nc(N4CCOCC4)cnc3n2)c1. The molecule has 0 atom stereocenters. The van der Waals surface area contributed by atoms with Crippen molar-refractivity contribution in [3.8, 4) is 11.3 Å². The molecule has 1 aromatic carbocycles. The minimum absolute atomic E-state index is 0.229. The predicted molar refractivity (Wildman–Crippen MR) is 104 cm³/mol. The monoisotopic (exact) mass is 400 g/mol. The Labute approximate surface area is 166 Å². The Morgan fingerprint density at radius 3 is 2.86 bits per heavy atom. The maximum absolute atomic E-state index is 14.4. The van der Waals surface area contributed by atoms with Gasteiger partial charge in [0.2, 0.25) is 0 Å². The molecule has 0 radical (unpaired) electrons. The lowest BCUT2D eigenvalue weighted by atomic mass is 10.1. The number of fused-ring (bicyclic) bond motifs is 1. The van der Waals surface area contributed by atoms with E-state index in [2.05, 4.69) is 25.3 Å². The zero-order chi connectivity index (χ0) is 20.4. The van der Waals surface area contributed by atoms with Crippen molar-refractivity contribution in [2.24, 2.45) is 0 Å². The summed E-state index contributed by atoms with van der Waals surface area (Å²) in [5.41, 5.74) is 0.995. The molecular weight excluding hydrogens is 379 g/mol. The van der Waals surface area contributed by atoms with Crippen molar-refractivity contribution in [1.82, 2.24) is 19.6 Å². The van der Waals surface area contributed by atoms with Crippen LogP contribution < -0.4 is 10.2 Å². The van der Waals surface area contributed by atoms with Gasteiger partial charge in [-0.3, -0.25) is 5.32 Å². The van der Waals surface area contributed by atoms with Gasteiger partial charge in [0.05, 0.1) is 37.4 Å². The Balaban J connectivity index is 1.61. The number of carbonyl (C=O) groups is 1. The van der Waals surface area contributed by atoms with E-state index in [1.54, 1.807) is 26.2 Å². The first-order valence-corrected chi connectivity index (χ1v) is 9.32. The van der Waals surface area contributed by atoms with Crippen molar-refractivity contribution in [3.63, 3.8) is 0 Å². The summed E-state index contributed by atoms with van der Waals surface area (Å²) >= 11 is 0. The van der Waals surface area contributed by atoms with Crippen LogP contribution in [0.2, 0.25) is 0 Å². The zero-order valence-electron chi connectivity index (χ0n) is 16.1. The van der Waals surface area contributed by atoms with Gasteiger partial charge in [0.25, 0.3) is 5.78 Å². The van der Waals surface area contributed by atoms with Crippen molar-refractivity contribution in [2.45, 2.75) is 20.0 Å². The Morgan fingerprint density at radius 1 is 1.31 bits per heavy atom. The molecule has 1 saturated heterocycles. The lowest BCUT2D eigenvalue weighted by Gasteiger charge is -2.27. The number of nitrogens with one attached hydrogen (secondary N) is 1. The summed E-state index contributed by atoms with van der Waals surface area (Å²) in [6, 6.07) is 4.23. The standard InChI is InChI=1S/C19H21FN6O3/c1-12(2)29-19(27)22-13-3-4-15(20)14(9-13)16-11-26-18(23-16)21-10-17(24-26)25-5-7-28-8-6-25/h3-4,9-12H,5-8H2,1-2H3,(H,22,27). The lowest BCUT2D eigenvalue weighted by molar-refractivity contribution is 0.122. The van der Waals surface area contributed by atoms with Gasteiger partial charge < -0.3 is 14.4 Å². The molecule has 4 rings (SSSR count). The first kappa shape index (κ1) is 19.1. The molecular formula is C19H21FN6O3. The minimum atomic E-state index is -0.606. The van der Waals surface area contributed by atoms with Gasteiger partial charge in [-0.25, -0.2) is 23.7 Å². The summed E-state index contributed by atoms with van der Waals surface area (Å²) in [4.78, 5) is 22.6. The Bertz CT molecular complexity index is 1030. The van der Waals surface area contributed by atoms with Gasteiger partial charge >= 0.3 is 6.09 Å². The van der Waals surface area contributed by atoms with Crippen LogP contribution in [-0.2, 0) is 9.47 Å². The fourth-order valence-corrected chi connectivity index (χ4v) is 3.00. The largest absolute Gasteiger partial charge is 0.447 e. The van der Waals surface area contributed by atoms with Crippen LogP contribution in [0, 0.1) is 5.82 Å². The van der Waals surface area contributed by atoms with Crippen LogP contribution in [0.5, 0.6) is 0 Å². The van der Waals surface area contributed by atoms with Crippen molar-refractivity contribution < 1.29 is 18.7 Å². The van der Waals surface area contributed by atoms with E-state index in [1.165, 1.54) is 22.7 Å². The molecule has 152 valence electrons. The van der Waals surface area contributed by atoms with E-state index in [-0.39, 0.29) is 11.7 Å². The number of morpholine rings is 1. The summed E-state index contributed by atoms with van der Waals surface area (Å²) in [6.07, 6.45) is 2.39. The fourth-order valence-electron chi connectivity index (χ4n) is 3.00. The van der Waals surface area contributed by atoms with Crippen LogP contribution in [-0.4, -0.2) is 58.1 Å². The second kappa shape index (κ2) is 8.00. The molecule has 1 amide bonds. The van der Waals surface area contributed by atoms with Gasteiger partial charge in [-0.2, -0.15) is 0 Å². The average molecular weight is 400 g/mol. The zero-order valence-corrected chi connectivity index (χ0v) is 16.1. The van der Waals surface area contributed by atoms with Crippen molar-refractivity contribution >= 4 is 23.4 Å². The van der Waals surface area contributed by atoms with E-state index in [0.717, 1.165) is 13.1 Å². The molecule has 29 heavy (non-hydrogen) atoms. The molecule has 0 saturated carbocycles. The number of benzene rings is 1. The van der Waals surface area contributed by atoms with Gasteiger partial charge in [0.15, 0.2) is 5.82 Å². The van der Waals surface area contributed by atoms with E-state index in [9.17, 15) is 9.18 Å². The number of ether oxygens (including phenoxy) is 2. The van der Waals surface area contributed by atoms with E-state index >= 15 is 0 Å². The van der Waals surface area contributed by atoms with Crippen molar-refractivity contribution in [2.75, 3.05) is 36.5 Å². The molecule has 1 fully saturated rings. The molecule has 0 aliphatic carbocycles. The van der Waals surface area contributed by atoms with Crippen LogP contribution in [0.15, 0.2) is 30.6 Å². The van der Waals surface area contributed by atoms with Crippen LogP contribution in [0.3, 0.4) is 0 Å². The van der Waals surface area contributed by atoms with Gasteiger partial charge in [0, 0.05) is 24.3 Å². The first-order chi connectivity index (χ1) is 14.0. The number of aromatic nitrogens is 4. The Hall–Kier alpha value is -3.27. The van der Waals surface area contributed by atoms with E-state index in [0.29, 0.717) is 36.2 Å². The third-order valence-corrected chi connectivity index (χ3v) is 4.34. The summed E-state index contributed by atoms with van der Waals surface area (Å²) < 4.78 is 26.4. The fraction of sp³-hybridized carbons (Fsp3) is 0.368. The second-order valence-corrected chi connectivity index (χ2v) is 6.86. The average Bonchev–Trinajstić information content (AvgIpc) is 3.12. The molecule has 0 bridgehead atoms. The normalized spacial score (nSPS) is 14.4. The summed E-state index contributed by atoms with van der Waals surface area (Å²) in [7, 11) is 0. The molecule has 10 heteroatoms. The van der Waals surface area contributed by atoms with Crippen LogP contribution in [0.4, 0.5) is 20.7 Å². The number of anilines is 2. The molecule has 2 aromatic heterocycles. The van der Waals surface area contributed by atoms with Crippen LogP contribution in [0.1, 0.15) is 13.8 Å². The quantitative estimate of drug-likeness (QED) is 0.720. The van der Waals surface area contributed by atoms with E-state index in [1.807, 2.05) is 0 Å². The summed E-state index contributed by atoms with van der Waals surface area (Å²) in [5.74, 6) is 0.593. The first-order valence-electron chi connectivity index (χ1n) is 9.32. The molecule has 0 spiro atoms. The molecule has 1 N–H and O–H groups in total. The van der Waals surface area contributed by atoms with Crippen molar-refractivity contribution in [1.29, 1.82) is 0 Å². The van der Waals surface area contributed by atoms with Crippen molar-refractivity contribution in [3.05, 3.63) is 36.4 Å². The lowest BCUT2D eigenvalue weighted by Crippen LogP contribution is -2.37. The summed E-state index contributed by atoms with van der Waals surface area (Å²) in [5, 5.41) is 7.11. The van der Waals surface area contributed by atoms with E-state index in [4.69, 9.17) is 9.47 Å². The van der Waals surface area contributed by atoms with Gasteiger partial charge in [0.1, 0.15) is 5.82 Å². The number of nitrogens with zero attached hydrogens (tertiary/aromatic N) is 5. The number of hydrogen-bond acceptors (Lipinski definition) is 7. The maximum Gasteiger partial charge on any atom is 0.411 e. The highest BCUT2D eigenvalue weighted by Gasteiger charge is 2.16. The molecule has 0 unspecified atom stereocenters. The number of hydrogen-bond donors (Lipinski definition) is 1. The highest BCUT2D eigenvalue weighted by atomic mass is 19.1. The third-order valence-electron chi connectivity index (χ3n) is 4.34. The number of halogens is 1. The Morgan fingerprint density at radius 2 is 2.10 bits per heavy atom.